The van der Waals surface area contributed by atoms with Gasteiger partial charge in [-0.05, 0) is 30.2 Å². The maximum Gasteiger partial charge on any atom is 0.273 e. The summed E-state index contributed by atoms with van der Waals surface area (Å²) in [5, 5.41) is 0. The third kappa shape index (κ3) is 3.05. The number of benzene rings is 1. The van der Waals surface area contributed by atoms with Gasteiger partial charge >= 0.3 is 0 Å². The van der Waals surface area contributed by atoms with Crippen LogP contribution in [-0.4, -0.2) is 15.0 Å². The number of aromatic amines is 1. The van der Waals surface area contributed by atoms with Gasteiger partial charge in [-0.25, -0.2) is 0 Å². The molecule has 1 N–H and O–H groups in total. The average molecular weight is 277 g/mol. The number of aromatic nitrogens is 3. The highest BCUT2D eigenvalue weighted by atomic mass is 16.1. The van der Waals surface area contributed by atoms with Gasteiger partial charge in [0, 0.05) is 30.4 Å². The van der Waals surface area contributed by atoms with Crippen molar-refractivity contribution in [2.24, 2.45) is 0 Å². The van der Waals surface area contributed by atoms with E-state index in [2.05, 4.69) is 34.0 Å². The summed E-state index contributed by atoms with van der Waals surface area (Å²) < 4.78 is 0. The molecule has 3 aromatic rings. The Bertz CT molecular complexity index is 810. The van der Waals surface area contributed by atoms with Gasteiger partial charge in [0.1, 0.15) is 5.82 Å². The summed E-state index contributed by atoms with van der Waals surface area (Å²) in [6, 6.07) is 13.3. The molecule has 0 aliphatic carbocycles. The Morgan fingerprint density at radius 1 is 1.10 bits per heavy atom. The molecule has 0 atom stereocenters. The lowest BCUT2D eigenvalue weighted by molar-refractivity contribution is 0.944. The zero-order valence-electron chi connectivity index (χ0n) is 11.7. The molecule has 0 unspecified atom stereocenters. The van der Waals surface area contributed by atoms with E-state index in [-0.39, 0.29) is 5.56 Å². The van der Waals surface area contributed by atoms with Crippen molar-refractivity contribution >= 4 is 0 Å². The van der Waals surface area contributed by atoms with Gasteiger partial charge in [0.05, 0.1) is 5.69 Å². The van der Waals surface area contributed by atoms with Crippen LogP contribution in [0.4, 0.5) is 0 Å². The van der Waals surface area contributed by atoms with Gasteiger partial charge in [-0.15, -0.1) is 0 Å². The summed E-state index contributed by atoms with van der Waals surface area (Å²) in [5.74, 6) is 0.670. The monoisotopic (exact) mass is 277 g/mol. The number of aryl methyl sites for hydroxylation is 1. The van der Waals surface area contributed by atoms with Crippen molar-refractivity contribution in [2.45, 2.75) is 13.3 Å². The molecule has 4 heteroatoms. The van der Waals surface area contributed by atoms with Crippen molar-refractivity contribution in [1.29, 1.82) is 0 Å². The van der Waals surface area contributed by atoms with E-state index in [1.165, 1.54) is 11.6 Å². The van der Waals surface area contributed by atoms with Gasteiger partial charge in [-0.1, -0.05) is 24.3 Å². The van der Waals surface area contributed by atoms with E-state index in [0.29, 0.717) is 12.2 Å². The number of H-pyrrole nitrogens is 1. The molecule has 0 aliphatic heterocycles. The lowest BCUT2D eigenvalue weighted by Gasteiger charge is -2.07. The van der Waals surface area contributed by atoms with Crippen LogP contribution in [0.3, 0.4) is 0 Å². The summed E-state index contributed by atoms with van der Waals surface area (Å²) in [6.07, 6.45) is 4.02. The standard InChI is InChI=1S/C17H15N3O/c1-12-4-2-3-5-14(12)10-16-19-15(11-17(21)20-16)13-6-8-18-9-7-13/h2-9,11H,10H2,1H3,(H,19,20,21). The Labute approximate surface area is 122 Å². The van der Waals surface area contributed by atoms with Crippen LogP contribution < -0.4 is 5.56 Å². The molecule has 0 amide bonds. The van der Waals surface area contributed by atoms with Gasteiger partial charge in [-0.2, -0.15) is 4.98 Å². The molecule has 21 heavy (non-hydrogen) atoms. The van der Waals surface area contributed by atoms with E-state index in [9.17, 15) is 4.79 Å². The van der Waals surface area contributed by atoms with E-state index in [0.717, 1.165) is 16.8 Å². The van der Waals surface area contributed by atoms with Gasteiger partial charge in [0.15, 0.2) is 0 Å². The molecule has 0 spiro atoms. The largest absolute Gasteiger partial charge is 0.343 e. The number of nitrogens with zero attached hydrogens (tertiary/aromatic N) is 2. The highest BCUT2D eigenvalue weighted by molar-refractivity contribution is 5.57. The van der Waals surface area contributed by atoms with Crippen molar-refractivity contribution in [1.82, 2.24) is 15.0 Å². The smallest absolute Gasteiger partial charge is 0.273 e. The van der Waals surface area contributed by atoms with Crippen molar-refractivity contribution in [3.63, 3.8) is 0 Å². The molecule has 0 saturated carbocycles. The van der Waals surface area contributed by atoms with Crippen LogP contribution in [0.2, 0.25) is 0 Å². The van der Waals surface area contributed by atoms with Crippen LogP contribution in [0.5, 0.6) is 0 Å². The fourth-order valence-corrected chi connectivity index (χ4v) is 2.27. The minimum Gasteiger partial charge on any atom is -0.343 e. The second kappa shape index (κ2) is 5.71. The van der Waals surface area contributed by atoms with Crippen molar-refractivity contribution in [3.05, 3.63) is 82.2 Å². The van der Waals surface area contributed by atoms with Crippen molar-refractivity contribution < 1.29 is 0 Å². The van der Waals surface area contributed by atoms with Gasteiger partial charge in [0.25, 0.3) is 5.56 Å². The van der Waals surface area contributed by atoms with Crippen molar-refractivity contribution in [3.8, 4) is 11.3 Å². The molecule has 2 aromatic heterocycles. The number of pyridine rings is 1. The van der Waals surface area contributed by atoms with E-state index in [4.69, 9.17) is 0 Å². The first kappa shape index (κ1) is 13.2. The van der Waals surface area contributed by atoms with Crippen LogP contribution in [0.1, 0.15) is 17.0 Å². The Morgan fingerprint density at radius 2 is 1.86 bits per heavy atom. The lowest BCUT2D eigenvalue weighted by Crippen LogP contribution is -2.12. The quantitative estimate of drug-likeness (QED) is 0.800. The highest BCUT2D eigenvalue weighted by Gasteiger charge is 2.05. The molecule has 0 saturated heterocycles. The summed E-state index contributed by atoms with van der Waals surface area (Å²) >= 11 is 0. The minimum atomic E-state index is -0.232. The molecule has 2 heterocycles. The molecule has 0 radical (unpaired) electrons. The predicted octanol–water partition coefficient (Wildman–Crippen LogP) is 2.73. The van der Waals surface area contributed by atoms with Crippen molar-refractivity contribution in [2.75, 3.05) is 0 Å². The maximum atomic E-state index is 11.8. The van der Waals surface area contributed by atoms with Crippen LogP contribution in [-0.2, 0) is 6.42 Å². The van der Waals surface area contributed by atoms with Gasteiger partial charge in [-0.3, -0.25) is 9.78 Å². The fourth-order valence-electron chi connectivity index (χ4n) is 2.27. The fraction of sp³-hybridized carbons (Fsp3) is 0.118. The lowest BCUT2D eigenvalue weighted by atomic mass is 10.1. The maximum absolute atomic E-state index is 11.8. The molecule has 4 nitrogen and oxygen atoms in total. The highest BCUT2D eigenvalue weighted by Crippen LogP contribution is 2.15. The van der Waals surface area contributed by atoms with Gasteiger partial charge < -0.3 is 4.98 Å². The molecular weight excluding hydrogens is 262 g/mol. The summed E-state index contributed by atoms with van der Waals surface area (Å²) in [7, 11) is 0. The molecule has 3 rings (SSSR count). The molecule has 1 aromatic carbocycles. The Hall–Kier alpha value is -2.75. The Morgan fingerprint density at radius 3 is 2.62 bits per heavy atom. The molecular formula is C17H15N3O. The second-order valence-electron chi connectivity index (χ2n) is 4.92. The first-order valence-corrected chi connectivity index (χ1v) is 6.77. The number of rotatable bonds is 3. The van der Waals surface area contributed by atoms with E-state index >= 15 is 0 Å². The molecule has 0 bridgehead atoms. The number of hydrogen-bond donors (Lipinski definition) is 1. The first-order valence-electron chi connectivity index (χ1n) is 6.77. The normalized spacial score (nSPS) is 10.5. The topological polar surface area (TPSA) is 58.6 Å². The summed E-state index contributed by atoms with van der Waals surface area (Å²) in [6.45, 7) is 2.06. The first-order chi connectivity index (χ1) is 10.2. The van der Waals surface area contributed by atoms with Crippen LogP contribution in [0.15, 0.2) is 59.7 Å². The summed E-state index contributed by atoms with van der Waals surface area (Å²) in [4.78, 5) is 23.1. The number of nitrogens with one attached hydrogen (secondary N) is 1. The third-order valence-electron chi connectivity index (χ3n) is 3.40. The average Bonchev–Trinajstić information content (AvgIpc) is 2.50. The van der Waals surface area contributed by atoms with Crippen LogP contribution >= 0.6 is 0 Å². The minimum absolute atomic E-state index is 0.232. The zero-order chi connectivity index (χ0) is 14.7. The van der Waals surface area contributed by atoms with E-state index in [1.54, 1.807) is 12.4 Å². The Balaban J connectivity index is 1.99. The zero-order valence-corrected chi connectivity index (χ0v) is 11.7. The number of hydrogen-bond acceptors (Lipinski definition) is 3. The van der Waals surface area contributed by atoms with Gasteiger partial charge in [0.2, 0.25) is 0 Å². The molecule has 0 fully saturated rings. The third-order valence-corrected chi connectivity index (χ3v) is 3.40. The summed E-state index contributed by atoms with van der Waals surface area (Å²) in [5.41, 5.74) is 3.81. The molecule has 0 aliphatic rings. The molecule has 104 valence electrons. The second-order valence-corrected chi connectivity index (χ2v) is 4.92. The Kier molecular flexibility index (Phi) is 3.60. The predicted molar refractivity (Wildman–Crippen MR) is 82.1 cm³/mol. The van der Waals surface area contributed by atoms with E-state index in [1.807, 2.05) is 24.3 Å². The SMILES string of the molecule is Cc1ccccc1Cc1nc(=O)cc(-c2ccncc2)[nH]1. The van der Waals surface area contributed by atoms with E-state index < -0.39 is 0 Å². The van der Waals surface area contributed by atoms with Crippen LogP contribution in [0, 0.1) is 6.92 Å². The van der Waals surface area contributed by atoms with Crippen LogP contribution in [0.25, 0.3) is 11.3 Å².